The standard InChI is InChI=1S/C18H21FN4O3/c1-22(2)16-7-8-17(21-20-16)26-15-9-10-23(11-15)18(24)12-25-14-5-3-13(19)4-6-14/h3-8,15H,9-12H2,1-2H3. The lowest BCUT2D eigenvalue weighted by atomic mass is 10.3. The first kappa shape index (κ1) is 17.9. The number of benzene rings is 1. The second kappa shape index (κ2) is 7.99. The first-order valence-electron chi connectivity index (χ1n) is 8.35. The Kier molecular flexibility index (Phi) is 5.50. The molecule has 26 heavy (non-hydrogen) atoms. The van der Waals surface area contributed by atoms with E-state index in [1.54, 1.807) is 11.0 Å². The molecule has 0 saturated carbocycles. The van der Waals surface area contributed by atoms with Crippen LogP contribution in [0.4, 0.5) is 10.2 Å². The summed E-state index contributed by atoms with van der Waals surface area (Å²) < 4.78 is 24.1. The average molecular weight is 360 g/mol. The molecule has 0 aliphatic carbocycles. The summed E-state index contributed by atoms with van der Waals surface area (Å²) in [7, 11) is 3.78. The molecule has 2 heterocycles. The summed E-state index contributed by atoms with van der Waals surface area (Å²) in [5.41, 5.74) is 0. The van der Waals surface area contributed by atoms with Gasteiger partial charge in [-0.2, -0.15) is 0 Å². The molecule has 0 N–H and O–H groups in total. The van der Waals surface area contributed by atoms with Gasteiger partial charge in [0.25, 0.3) is 5.91 Å². The van der Waals surface area contributed by atoms with E-state index in [9.17, 15) is 9.18 Å². The van der Waals surface area contributed by atoms with Crippen molar-refractivity contribution in [2.24, 2.45) is 0 Å². The minimum atomic E-state index is -0.343. The molecule has 1 aromatic carbocycles. The van der Waals surface area contributed by atoms with E-state index >= 15 is 0 Å². The van der Waals surface area contributed by atoms with Gasteiger partial charge in [-0.3, -0.25) is 4.79 Å². The fraction of sp³-hybridized carbons (Fsp3) is 0.389. The van der Waals surface area contributed by atoms with Gasteiger partial charge >= 0.3 is 0 Å². The second-order valence-corrected chi connectivity index (χ2v) is 6.24. The molecule has 1 amide bonds. The van der Waals surface area contributed by atoms with Crippen LogP contribution in [-0.4, -0.2) is 60.9 Å². The van der Waals surface area contributed by atoms with E-state index in [1.807, 2.05) is 25.1 Å². The lowest BCUT2D eigenvalue weighted by Gasteiger charge is -2.17. The number of nitrogens with zero attached hydrogens (tertiary/aromatic N) is 4. The molecule has 1 aliphatic heterocycles. The second-order valence-electron chi connectivity index (χ2n) is 6.24. The van der Waals surface area contributed by atoms with Gasteiger partial charge in [-0.15, -0.1) is 10.2 Å². The summed E-state index contributed by atoms with van der Waals surface area (Å²) in [6, 6.07) is 9.18. The molecule has 1 aromatic heterocycles. The number of hydrogen-bond donors (Lipinski definition) is 0. The highest BCUT2D eigenvalue weighted by atomic mass is 19.1. The van der Waals surface area contributed by atoms with Crippen molar-refractivity contribution in [3.05, 3.63) is 42.2 Å². The van der Waals surface area contributed by atoms with Gasteiger partial charge < -0.3 is 19.3 Å². The van der Waals surface area contributed by atoms with E-state index in [1.165, 1.54) is 24.3 Å². The zero-order chi connectivity index (χ0) is 18.5. The fourth-order valence-corrected chi connectivity index (χ4v) is 2.60. The molecule has 0 radical (unpaired) electrons. The lowest BCUT2D eigenvalue weighted by Crippen LogP contribution is -2.34. The summed E-state index contributed by atoms with van der Waals surface area (Å²) in [5, 5.41) is 8.11. The first-order chi connectivity index (χ1) is 12.5. The summed E-state index contributed by atoms with van der Waals surface area (Å²) in [6.45, 7) is 0.984. The Morgan fingerprint density at radius 2 is 2.00 bits per heavy atom. The van der Waals surface area contributed by atoms with Crippen molar-refractivity contribution in [2.45, 2.75) is 12.5 Å². The van der Waals surface area contributed by atoms with Crippen LogP contribution >= 0.6 is 0 Å². The summed E-state index contributed by atoms with van der Waals surface area (Å²) in [4.78, 5) is 15.8. The SMILES string of the molecule is CN(C)c1ccc(OC2CCN(C(=O)COc3ccc(F)cc3)C2)nn1. The molecule has 1 saturated heterocycles. The number of carbonyl (C=O) groups is 1. The molecule has 1 fully saturated rings. The Balaban J connectivity index is 1.46. The van der Waals surface area contributed by atoms with E-state index in [-0.39, 0.29) is 24.4 Å². The Morgan fingerprint density at radius 3 is 2.65 bits per heavy atom. The Hall–Kier alpha value is -2.90. The maximum atomic E-state index is 12.9. The monoisotopic (exact) mass is 360 g/mol. The Bertz CT molecular complexity index is 737. The zero-order valence-corrected chi connectivity index (χ0v) is 14.8. The molecule has 138 valence electrons. The van der Waals surface area contributed by atoms with Gasteiger partial charge in [-0.05, 0) is 30.3 Å². The van der Waals surface area contributed by atoms with Gasteiger partial charge in [0.1, 0.15) is 17.7 Å². The molecule has 1 aliphatic rings. The molecular weight excluding hydrogens is 339 g/mol. The van der Waals surface area contributed by atoms with Crippen LogP contribution in [0.5, 0.6) is 11.6 Å². The van der Waals surface area contributed by atoms with E-state index < -0.39 is 0 Å². The number of rotatable bonds is 6. The fourth-order valence-electron chi connectivity index (χ4n) is 2.60. The topological polar surface area (TPSA) is 67.8 Å². The number of ether oxygens (including phenoxy) is 2. The third kappa shape index (κ3) is 4.59. The van der Waals surface area contributed by atoms with Gasteiger partial charge in [0.05, 0.1) is 6.54 Å². The van der Waals surface area contributed by atoms with Crippen molar-refractivity contribution in [2.75, 3.05) is 38.7 Å². The van der Waals surface area contributed by atoms with Crippen LogP contribution in [0.15, 0.2) is 36.4 Å². The van der Waals surface area contributed by atoms with E-state index in [4.69, 9.17) is 9.47 Å². The van der Waals surface area contributed by atoms with E-state index in [0.29, 0.717) is 24.7 Å². The van der Waals surface area contributed by atoms with Crippen LogP contribution in [-0.2, 0) is 4.79 Å². The first-order valence-corrected chi connectivity index (χ1v) is 8.35. The van der Waals surface area contributed by atoms with Crippen LogP contribution in [0.3, 0.4) is 0 Å². The van der Waals surface area contributed by atoms with Gasteiger partial charge in [0.15, 0.2) is 12.4 Å². The Labute approximate surface area is 151 Å². The number of amides is 1. The average Bonchev–Trinajstić information content (AvgIpc) is 3.10. The molecule has 2 aromatic rings. The smallest absolute Gasteiger partial charge is 0.260 e. The lowest BCUT2D eigenvalue weighted by molar-refractivity contribution is -0.132. The number of aromatic nitrogens is 2. The van der Waals surface area contributed by atoms with Gasteiger partial charge in [-0.1, -0.05) is 0 Å². The molecular formula is C18H21FN4O3. The summed E-state index contributed by atoms with van der Waals surface area (Å²) in [5.74, 6) is 1.18. The third-order valence-electron chi connectivity index (χ3n) is 4.05. The predicted molar refractivity (Wildman–Crippen MR) is 93.9 cm³/mol. The number of hydrogen-bond acceptors (Lipinski definition) is 6. The highest BCUT2D eigenvalue weighted by Gasteiger charge is 2.28. The molecule has 7 nitrogen and oxygen atoms in total. The van der Waals surface area contributed by atoms with Crippen LogP contribution in [0.25, 0.3) is 0 Å². The van der Waals surface area contributed by atoms with Crippen molar-refractivity contribution < 1.29 is 18.7 Å². The van der Waals surface area contributed by atoms with Crippen molar-refractivity contribution >= 4 is 11.7 Å². The number of likely N-dealkylation sites (tertiary alicyclic amines) is 1. The zero-order valence-electron chi connectivity index (χ0n) is 14.8. The van der Waals surface area contributed by atoms with E-state index in [2.05, 4.69) is 10.2 Å². The minimum Gasteiger partial charge on any atom is -0.484 e. The maximum absolute atomic E-state index is 12.9. The molecule has 3 rings (SSSR count). The van der Waals surface area contributed by atoms with Crippen LogP contribution in [0, 0.1) is 5.82 Å². The quantitative estimate of drug-likeness (QED) is 0.782. The molecule has 1 unspecified atom stereocenters. The van der Waals surface area contributed by atoms with Crippen LogP contribution in [0.1, 0.15) is 6.42 Å². The number of anilines is 1. The maximum Gasteiger partial charge on any atom is 0.260 e. The van der Waals surface area contributed by atoms with Crippen molar-refractivity contribution in [3.63, 3.8) is 0 Å². The molecule has 0 spiro atoms. The van der Waals surface area contributed by atoms with Crippen molar-refractivity contribution in [1.29, 1.82) is 0 Å². The third-order valence-corrected chi connectivity index (χ3v) is 4.05. The van der Waals surface area contributed by atoms with Crippen LogP contribution in [0.2, 0.25) is 0 Å². The normalized spacial score (nSPS) is 16.4. The minimum absolute atomic E-state index is 0.0876. The van der Waals surface area contributed by atoms with Gasteiger partial charge in [0, 0.05) is 33.1 Å². The molecule has 1 atom stereocenters. The Morgan fingerprint density at radius 1 is 1.23 bits per heavy atom. The van der Waals surface area contributed by atoms with Crippen LogP contribution < -0.4 is 14.4 Å². The highest BCUT2D eigenvalue weighted by molar-refractivity contribution is 5.78. The van der Waals surface area contributed by atoms with Gasteiger partial charge in [-0.25, -0.2) is 4.39 Å². The van der Waals surface area contributed by atoms with Gasteiger partial charge in [0.2, 0.25) is 5.88 Å². The largest absolute Gasteiger partial charge is 0.484 e. The predicted octanol–water partition coefficient (Wildman–Crippen LogP) is 1.74. The van der Waals surface area contributed by atoms with Crippen molar-refractivity contribution in [1.82, 2.24) is 15.1 Å². The molecule has 0 bridgehead atoms. The highest BCUT2D eigenvalue weighted by Crippen LogP contribution is 2.18. The number of halogens is 1. The van der Waals surface area contributed by atoms with Crippen molar-refractivity contribution in [3.8, 4) is 11.6 Å². The summed E-state index contributed by atoms with van der Waals surface area (Å²) >= 11 is 0. The summed E-state index contributed by atoms with van der Waals surface area (Å²) in [6.07, 6.45) is 0.601. The molecule has 8 heteroatoms. The number of carbonyl (C=O) groups excluding carboxylic acids is 1. The van der Waals surface area contributed by atoms with E-state index in [0.717, 1.165) is 12.2 Å².